The summed E-state index contributed by atoms with van der Waals surface area (Å²) in [7, 11) is 1.44. The first kappa shape index (κ1) is 13.4. The van der Waals surface area contributed by atoms with Gasteiger partial charge < -0.3 is 14.5 Å². The van der Waals surface area contributed by atoms with Gasteiger partial charge in [-0.1, -0.05) is 0 Å². The van der Waals surface area contributed by atoms with Crippen LogP contribution in [-0.2, 0) is 0 Å². The summed E-state index contributed by atoms with van der Waals surface area (Å²) in [6.07, 6.45) is 1.99. The second-order valence-corrected chi connectivity index (χ2v) is 6.35. The average Bonchev–Trinajstić information content (AvgIpc) is 2.67. The molecule has 0 aliphatic carbocycles. The molecule has 0 amide bonds. The largest absolute Gasteiger partial charge is 0.490 e. The summed E-state index contributed by atoms with van der Waals surface area (Å²) in [5.74, 6) is 0.278. The zero-order chi connectivity index (χ0) is 19.6. The van der Waals surface area contributed by atoms with E-state index in [1.165, 1.54) is 13.2 Å². The van der Waals surface area contributed by atoms with E-state index in [4.69, 9.17) is 8.85 Å². The molecule has 0 bridgehead atoms. The fourth-order valence-corrected chi connectivity index (χ4v) is 3.59. The second kappa shape index (κ2) is 7.36. The fourth-order valence-electron chi connectivity index (χ4n) is 3.59. The van der Waals surface area contributed by atoms with Crippen LogP contribution in [0.3, 0.4) is 0 Å². The number of anilines is 1. The summed E-state index contributed by atoms with van der Waals surface area (Å²) in [4.78, 5) is 16.8. The molecule has 2 saturated heterocycles. The van der Waals surface area contributed by atoms with Crippen molar-refractivity contribution in [3.63, 3.8) is 0 Å². The summed E-state index contributed by atoms with van der Waals surface area (Å²) in [6.45, 7) is 2.47. The van der Waals surface area contributed by atoms with Crippen molar-refractivity contribution in [1.29, 1.82) is 0 Å². The van der Waals surface area contributed by atoms with Crippen LogP contribution < -0.4 is 9.64 Å². The van der Waals surface area contributed by atoms with Gasteiger partial charge in [0.2, 0.25) is 0 Å². The molecule has 2 heterocycles. The van der Waals surface area contributed by atoms with Crippen LogP contribution in [0.25, 0.3) is 0 Å². The van der Waals surface area contributed by atoms with Crippen molar-refractivity contribution >= 4 is 11.4 Å². The highest BCUT2D eigenvalue weighted by Gasteiger charge is 2.27. The maximum Gasteiger partial charge on any atom is 0.311 e. The highest BCUT2D eigenvalue weighted by molar-refractivity contribution is 5.59. The van der Waals surface area contributed by atoms with Crippen LogP contribution in [0.4, 0.5) is 11.4 Å². The van der Waals surface area contributed by atoms with E-state index in [2.05, 4.69) is 9.80 Å². The van der Waals surface area contributed by atoms with Crippen LogP contribution >= 0.6 is 0 Å². The Morgan fingerprint density at radius 2 is 1.92 bits per heavy atom. The normalized spacial score (nSPS) is 23.4. The number of nitrogens with zero attached hydrogens (tertiary/aromatic N) is 4. The van der Waals surface area contributed by atoms with Crippen molar-refractivity contribution in [3.8, 4) is 5.75 Å². The number of nitro benzene ring substituents is 1. The van der Waals surface area contributed by atoms with Gasteiger partial charge in [0.25, 0.3) is 0 Å². The summed E-state index contributed by atoms with van der Waals surface area (Å²) in [5, 5.41) is 11.0. The lowest BCUT2D eigenvalue weighted by Gasteiger charge is -2.42. The topological polar surface area (TPSA) is 62.1 Å². The minimum atomic E-state index is -2.00. The van der Waals surface area contributed by atoms with E-state index in [1.54, 1.807) is 17.0 Å². The number of rotatable bonds is 4. The molecule has 1 aromatic carbocycles. The van der Waals surface area contributed by atoms with Gasteiger partial charge in [-0.3, -0.25) is 15.0 Å². The van der Waals surface area contributed by atoms with E-state index >= 15 is 0 Å². The predicted octanol–water partition coefficient (Wildman–Crippen LogP) is 1.82. The van der Waals surface area contributed by atoms with Gasteiger partial charge in [-0.25, -0.2) is 0 Å². The Labute approximate surface area is 147 Å². The molecule has 132 valence electrons. The molecule has 0 aromatic heterocycles. The lowest BCUT2D eigenvalue weighted by Crippen LogP contribution is -2.52. The summed E-state index contributed by atoms with van der Waals surface area (Å²) < 4.78 is 27.7. The molecule has 3 rings (SSSR count). The van der Waals surface area contributed by atoms with Crippen molar-refractivity contribution in [1.82, 2.24) is 9.80 Å². The Kier molecular flexibility index (Phi) is 4.12. The zero-order valence-corrected chi connectivity index (χ0v) is 14.0. The van der Waals surface area contributed by atoms with Gasteiger partial charge in [-0.15, -0.1) is 0 Å². The summed E-state index contributed by atoms with van der Waals surface area (Å²) in [5.41, 5.74) is 0.909. The van der Waals surface area contributed by atoms with E-state index in [0.29, 0.717) is 19.1 Å². The van der Waals surface area contributed by atoms with Gasteiger partial charge in [0.15, 0.2) is 5.75 Å². The molecular weight excluding hydrogens is 308 g/mol. The van der Waals surface area contributed by atoms with Gasteiger partial charge in [0, 0.05) is 67.2 Å². The van der Waals surface area contributed by atoms with Crippen LogP contribution in [0, 0.1) is 10.1 Å². The van der Waals surface area contributed by atoms with Gasteiger partial charge in [0.05, 0.1) is 12.0 Å². The number of piperidine rings is 1. The highest BCUT2D eigenvalue weighted by Crippen LogP contribution is 2.32. The maximum atomic E-state index is 11.0. The summed E-state index contributed by atoms with van der Waals surface area (Å²) >= 11 is 0. The van der Waals surface area contributed by atoms with Crippen molar-refractivity contribution in [2.75, 3.05) is 58.3 Å². The third kappa shape index (κ3) is 3.62. The highest BCUT2D eigenvalue weighted by atomic mass is 16.6. The number of hydrogen-bond acceptors (Lipinski definition) is 6. The Balaban J connectivity index is 1.56. The molecule has 0 saturated carbocycles. The van der Waals surface area contributed by atoms with Crippen LogP contribution in [0.15, 0.2) is 18.2 Å². The molecule has 0 radical (unpaired) electrons. The molecule has 0 atom stereocenters. The molecule has 2 aliphatic heterocycles. The minimum Gasteiger partial charge on any atom is -0.490 e. The molecule has 1 aromatic rings. The van der Waals surface area contributed by atoms with Crippen LogP contribution in [0.5, 0.6) is 5.75 Å². The quantitative estimate of drug-likeness (QED) is 0.617. The van der Waals surface area contributed by atoms with Crippen molar-refractivity contribution < 1.29 is 13.8 Å². The van der Waals surface area contributed by atoms with Crippen molar-refractivity contribution in [3.05, 3.63) is 28.3 Å². The third-order valence-corrected chi connectivity index (χ3v) is 5.02. The predicted molar refractivity (Wildman–Crippen MR) is 94.0 cm³/mol. The molecule has 2 fully saturated rings. The SMILES string of the molecule is [2H]C([2H])([2H])N1CCN(C2CCN(c3ccc([N+](=O)[O-])c(OC)c3)CC2)CC1. The first-order valence-corrected chi connectivity index (χ1v) is 8.36. The number of piperazine rings is 1. The number of ether oxygens (including phenoxy) is 1. The molecule has 7 nitrogen and oxygen atoms in total. The molecule has 7 heteroatoms. The van der Waals surface area contributed by atoms with Crippen molar-refractivity contribution in [2.45, 2.75) is 18.9 Å². The second-order valence-electron chi connectivity index (χ2n) is 6.35. The zero-order valence-electron chi connectivity index (χ0n) is 17.0. The van der Waals surface area contributed by atoms with E-state index < -0.39 is 11.9 Å². The van der Waals surface area contributed by atoms with Crippen LogP contribution in [0.2, 0.25) is 0 Å². The molecule has 0 N–H and O–H groups in total. The first-order valence-electron chi connectivity index (χ1n) is 9.86. The molecule has 2 aliphatic rings. The number of hydrogen-bond donors (Lipinski definition) is 0. The standard InChI is InChI=1S/C17H26N4O3/c1-18-9-11-20(12-10-18)14-5-7-19(8-6-14)15-3-4-16(21(22)23)17(13-15)24-2/h3-4,13-14H,5-12H2,1-2H3/i1D3. The molecular formula is C17H26N4O3. The third-order valence-electron chi connectivity index (χ3n) is 5.02. The van der Waals surface area contributed by atoms with Gasteiger partial charge in [-0.05, 0) is 25.9 Å². The average molecular weight is 337 g/mol. The Bertz CT molecular complexity index is 670. The van der Waals surface area contributed by atoms with E-state index in [-0.39, 0.29) is 11.4 Å². The Hall–Kier alpha value is -1.86. The van der Waals surface area contributed by atoms with Gasteiger partial charge >= 0.3 is 5.69 Å². The lowest BCUT2D eigenvalue weighted by molar-refractivity contribution is -0.385. The fraction of sp³-hybridized carbons (Fsp3) is 0.647. The molecule has 24 heavy (non-hydrogen) atoms. The van der Waals surface area contributed by atoms with Gasteiger partial charge in [-0.2, -0.15) is 0 Å². The number of benzene rings is 1. The van der Waals surface area contributed by atoms with E-state index in [0.717, 1.165) is 44.7 Å². The number of nitro groups is 1. The monoisotopic (exact) mass is 337 g/mol. The lowest BCUT2D eigenvalue weighted by atomic mass is 10.0. The van der Waals surface area contributed by atoms with Crippen LogP contribution in [0.1, 0.15) is 17.0 Å². The Morgan fingerprint density at radius 3 is 2.50 bits per heavy atom. The van der Waals surface area contributed by atoms with E-state index in [1.807, 2.05) is 0 Å². The first-order chi connectivity index (χ1) is 12.8. The maximum absolute atomic E-state index is 11.0. The number of methoxy groups -OCH3 is 1. The smallest absolute Gasteiger partial charge is 0.311 e. The molecule has 0 unspecified atom stereocenters. The van der Waals surface area contributed by atoms with Crippen LogP contribution in [-0.4, -0.2) is 74.1 Å². The summed E-state index contributed by atoms with van der Waals surface area (Å²) in [6, 6.07) is 5.46. The van der Waals surface area contributed by atoms with Crippen molar-refractivity contribution in [2.24, 2.45) is 0 Å². The van der Waals surface area contributed by atoms with E-state index in [9.17, 15) is 10.1 Å². The molecule has 0 spiro atoms. The minimum absolute atomic E-state index is 0.0248. The Morgan fingerprint density at radius 1 is 1.21 bits per heavy atom. The number of likely N-dealkylation sites (N-methyl/N-ethyl adjacent to an activating group) is 1. The van der Waals surface area contributed by atoms with Gasteiger partial charge in [0.1, 0.15) is 0 Å².